The molecule has 2 aromatic rings. The van der Waals surface area contributed by atoms with Gasteiger partial charge >= 0.3 is 0 Å². The Morgan fingerprint density at radius 1 is 1.14 bits per heavy atom. The molecule has 28 heavy (non-hydrogen) atoms. The predicted molar refractivity (Wildman–Crippen MR) is 113 cm³/mol. The van der Waals surface area contributed by atoms with Crippen molar-refractivity contribution in [3.8, 4) is 0 Å². The summed E-state index contributed by atoms with van der Waals surface area (Å²) >= 11 is 3.29. The standard InChI is InChI=1S/C21H24BrFN4O/c1-16-2-4-17(5-3-16)14-26-8-10-27(11-9-26)15-21(28)25-24-13-18-12-19(22)6-7-20(18)23/h2-7,12-13H,8-11,14-15H2,1H3,(H,25,28)/b24-13-. The van der Waals surface area contributed by atoms with E-state index in [0.29, 0.717) is 5.56 Å². The molecule has 0 saturated carbocycles. The SMILES string of the molecule is Cc1ccc(CN2CCN(CC(=O)N/N=C\c3cc(Br)ccc3F)CC2)cc1. The van der Waals surface area contributed by atoms with Gasteiger partial charge in [-0.3, -0.25) is 14.6 Å². The van der Waals surface area contributed by atoms with Crippen LogP contribution < -0.4 is 5.43 Å². The number of carbonyl (C=O) groups excluding carboxylic acids is 1. The first-order chi connectivity index (χ1) is 13.5. The second-order valence-electron chi connectivity index (χ2n) is 7.00. The molecule has 3 rings (SSSR count). The smallest absolute Gasteiger partial charge is 0.254 e. The van der Waals surface area contributed by atoms with Crippen molar-refractivity contribution in [2.24, 2.45) is 5.10 Å². The average Bonchev–Trinajstić information content (AvgIpc) is 2.68. The Kier molecular flexibility index (Phi) is 7.30. The van der Waals surface area contributed by atoms with Gasteiger partial charge in [-0.05, 0) is 30.7 Å². The van der Waals surface area contributed by atoms with Gasteiger partial charge in [-0.2, -0.15) is 5.10 Å². The van der Waals surface area contributed by atoms with Crippen LogP contribution in [0.1, 0.15) is 16.7 Å². The van der Waals surface area contributed by atoms with Crippen LogP contribution in [0.3, 0.4) is 0 Å². The average molecular weight is 447 g/mol. The molecule has 0 spiro atoms. The summed E-state index contributed by atoms with van der Waals surface area (Å²) in [5, 5.41) is 3.86. The summed E-state index contributed by atoms with van der Waals surface area (Å²) in [6.45, 7) is 6.83. The summed E-state index contributed by atoms with van der Waals surface area (Å²) in [4.78, 5) is 16.6. The maximum absolute atomic E-state index is 13.6. The van der Waals surface area contributed by atoms with Gasteiger partial charge in [0.2, 0.25) is 0 Å². The fraction of sp³-hybridized carbons (Fsp3) is 0.333. The van der Waals surface area contributed by atoms with Crippen LogP contribution in [0.2, 0.25) is 0 Å². The molecule has 1 amide bonds. The van der Waals surface area contributed by atoms with Crippen LogP contribution in [-0.2, 0) is 11.3 Å². The van der Waals surface area contributed by atoms with Crippen molar-refractivity contribution >= 4 is 28.1 Å². The first-order valence-corrected chi connectivity index (χ1v) is 10.1. The number of aryl methyl sites for hydroxylation is 1. The third-order valence-corrected chi connectivity index (χ3v) is 5.20. The Morgan fingerprint density at radius 2 is 1.82 bits per heavy atom. The normalized spacial score (nSPS) is 15.8. The van der Waals surface area contributed by atoms with E-state index in [2.05, 4.69) is 67.4 Å². The van der Waals surface area contributed by atoms with Crippen LogP contribution in [0.25, 0.3) is 0 Å². The number of hydrogen-bond acceptors (Lipinski definition) is 4. The molecule has 0 bridgehead atoms. The molecule has 1 N–H and O–H groups in total. The first-order valence-electron chi connectivity index (χ1n) is 9.27. The van der Waals surface area contributed by atoms with E-state index in [4.69, 9.17) is 0 Å². The van der Waals surface area contributed by atoms with Crippen molar-refractivity contribution in [1.82, 2.24) is 15.2 Å². The van der Waals surface area contributed by atoms with Gasteiger partial charge in [-0.25, -0.2) is 9.82 Å². The number of carbonyl (C=O) groups is 1. The van der Waals surface area contributed by atoms with Gasteiger partial charge in [-0.1, -0.05) is 45.8 Å². The van der Waals surface area contributed by atoms with Crippen molar-refractivity contribution in [2.75, 3.05) is 32.7 Å². The van der Waals surface area contributed by atoms with Crippen LogP contribution in [0, 0.1) is 12.7 Å². The third-order valence-electron chi connectivity index (χ3n) is 4.71. The summed E-state index contributed by atoms with van der Waals surface area (Å²) in [7, 11) is 0. The largest absolute Gasteiger partial charge is 0.297 e. The van der Waals surface area contributed by atoms with Crippen LogP contribution in [0.15, 0.2) is 52.0 Å². The van der Waals surface area contributed by atoms with Crippen LogP contribution in [0.5, 0.6) is 0 Å². The summed E-state index contributed by atoms with van der Waals surface area (Å²) in [5.41, 5.74) is 5.37. The number of benzene rings is 2. The number of amides is 1. The molecule has 1 aliphatic rings. The number of hydrazone groups is 1. The van der Waals surface area contributed by atoms with E-state index in [0.717, 1.165) is 37.2 Å². The van der Waals surface area contributed by atoms with Gasteiger partial charge < -0.3 is 0 Å². The van der Waals surface area contributed by atoms with Crippen molar-refractivity contribution < 1.29 is 9.18 Å². The van der Waals surface area contributed by atoms with E-state index in [1.807, 2.05) is 0 Å². The van der Waals surface area contributed by atoms with Crippen LogP contribution in [-0.4, -0.2) is 54.6 Å². The Hall–Kier alpha value is -2.09. The Balaban J connectivity index is 1.40. The molecule has 1 heterocycles. The van der Waals surface area contributed by atoms with Crippen molar-refractivity contribution in [1.29, 1.82) is 0 Å². The lowest BCUT2D eigenvalue weighted by atomic mass is 10.1. The fourth-order valence-corrected chi connectivity index (χ4v) is 3.46. The maximum Gasteiger partial charge on any atom is 0.254 e. The number of hydrogen-bond donors (Lipinski definition) is 1. The molecular formula is C21H24BrFN4O. The second kappa shape index (κ2) is 9.91. The van der Waals surface area contributed by atoms with E-state index < -0.39 is 0 Å². The highest BCUT2D eigenvalue weighted by atomic mass is 79.9. The highest BCUT2D eigenvalue weighted by Gasteiger charge is 2.18. The van der Waals surface area contributed by atoms with Crippen molar-refractivity contribution in [3.05, 3.63) is 69.4 Å². The Labute approximate surface area is 173 Å². The Morgan fingerprint density at radius 3 is 2.54 bits per heavy atom. The van der Waals surface area contributed by atoms with E-state index in [-0.39, 0.29) is 18.3 Å². The minimum atomic E-state index is -0.383. The molecule has 0 unspecified atom stereocenters. The lowest BCUT2D eigenvalue weighted by Crippen LogP contribution is -2.48. The number of piperazine rings is 1. The lowest BCUT2D eigenvalue weighted by Gasteiger charge is -2.34. The van der Waals surface area contributed by atoms with E-state index >= 15 is 0 Å². The third kappa shape index (κ3) is 6.22. The van der Waals surface area contributed by atoms with Crippen LogP contribution >= 0.6 is 15.9 Å². The first kappa shape index (κ1) is 20.6. The molecule has 0 atom stereocenters. The zero-order valence-electron chi connectivity index (χ0n) is 15.9. The van der Waals surface area contributed by atoms with E-state index in [1.165, 1.54) is 23.4 Å². The van der Waals surface area contributed by atoms with Crippen molar-refractivity contribution in [3.63, 3.8) is 0 Å². The van der Waals surface area contributed by atoms with Gasteiger partial charge in [0.25, 0.3) is 5.91 Å². The molecule has 7 heteroatoms. The number of nitrogens with zero attached hydrogens (tertiary/aromatic N) is 3. The molecule has 2 aromatic carbocycles. The molecular weight excluding hydrogens is 423 g/mol. The summed E-state index contributed by atoms with van der Waals surface area (Å²) < 4.78 is 14.4. The number of rotatable bonds is 6. The van der Waals surface area contributed by atoms with Gasteiger partial charge in [-0.15, -0.1) is 0 Å². The predicted octanol–water partition coefficient (Wildman–Crippen LogP) is 3.16. The Bertz CT molecular complexity index is 833. The minimum absolute atomic E-state index is 0.196. The topological polar surface area (TPSA) is 47.9 Å². The van der Waals surface area contributed by atoms with Crippen molar-refractivity contribution in [2.45, 2.75) is 13.5 Å². The number of nitrogens with one attached hydrogen (secondary N) is 1. The summed E-state index contributed by atoms with van der Waals surface area (Å²) in [6, 6.07) is 13.2. The molecule has 1 aliphatic heterocycles. The molecule has 0 radical (unpaired) electrons. The highest BCUT2D eigenvalue weighted by Crippen LogP contribution is 2.14. The zero-order chi connectivity index (χ0) is 19.9. The summed E-state index contributed by atoms with van der Waals surface area (Å²) in [5.74, 6) is -0.579. The van der Waals surface area contributed by atoms with E-state index in [9.17, 15) is 9.18 Å². The minimum Gasteiger partial charge on any atom is -0.297 e. The maximum atomic E-state index is 13.6. The molecule has 1 saturated heterocycles. The second-order valence-corrected chi connectivity index (χ2v) is 7.91. The molecule has 0 aromatic heterocycles. The zero-order valence-corrected chi connectivity index (χ0v) is 17.5. The van der Waals surface area contributed by atoms with Gasteiger partial charge in [0.1, 0.15) is 5.82 Å². The van der Waals surface area contributed by atoms with Gasteiger partial charge in [0.15, 0.2) is 0 Å². The van der Waals surface area contributed by atoms with Crippen LogP contribution in [0.4, 0.5) is 4.39 Å². The van der Waals surface area contributed by atoms with E-state index in [1.54, 1.807) is 12.1 Å². The molecule has 5 nitrogen and oxygen atoms in total. The quantitative estimate of drug-likeness (QED) is 0.547. The highest BCUT2D eigenvalue weighted by molar-refractivity contribution is 9.10. The summed E-state index contributed by atoms with van der Waals surface area (Å²) in [6.07, 6.45) is 1.32. The van der Waals surface area contributed by atoms with Gasteiger partial charge in [0.05, 0.1) is 12.8 Å². The monoisotopic (exact) mass is 446 g/mol. The molecule has 148 valence electrons. The fourth-order valence-electron chi connectivity index (χ4n) is 3.08. The molecule has 1 fully saturated rings. The number of halogens is 2. The lowest BCUT2D eigenvalue weighted by molar-refractivity contribution is -0.122. The van der Waals surface area contributed by atoms with Gasteiger partial charge in [0, 0.05) is 42.8 Å². The molecule has 0 aliphatic carbocycles.